The van der Waals surface area contributed by atoms with Crippen molar-refractivity contribution in [2.75, 3.05) is 5.32 Å². The van der Waals surface area contributed by atoms with E-state index in [1.54, 1.807) is 18.7 Å². The molecule has 0 saturated heterocycles. The van der Waals surface area contributed by atoms with E-state index in [1.165, 1.54) is 0 Å². The molecule has 1 aliphatic rings. The highest BCUT2D eigenvalue weighted by Crippen LogP contribution is 2.34. The van der Waals surface area contributed by atoms with Gasteiger partial charge in [-0.2, -0.15) is 24.9 Å². The van der Waals surface area contributed by atoms with Gasteiger partial charge >= 0.3 is 6.18 Å². The van der Waals surface area contributed by atoms with Crippen LogP contribution in [0.25, 0.3) is 0 Å². The van der Waals surface area contributed by atoms with E-state index in [9.17, 15) is 22.8 Å². The minimum Gasteiger partial charge on any atom is -0.324 e. The Bertz CT molecular complexity index is 949. The first kappa shape index (κ1) is 20.1. The molecule has 5 nitrogen and oxygen atoms in total. The SMILES string of the molecule is CC(Sc1nc2c(c(=O)[nH]1)CSC2)C(=O)Nc1cc(C(F)(F)F)ccc1Cl. The maximum absolute atomic E-state index is 12.8. The maximum Gasteiger partial charge on any atom is 0.416 e. The van der Waals surface area contributed by atoms with Gasteiger partial charge in [0.05, 0.1) is 27.2 Å². The molecular formula is C16H13ClF3N3O2S2. The number of carbonyl (C=O) groups is 1. The molecule has 1 atom stereocenters. The van der Waals surface area contributed by atoms with Crippen LogP contribution in [0.3, 0.4) is 0 Å². The lowest BCUT2D eigenvalue weighted by Gasteiger charge is -2.14. The number of hydrogen-bond donors (Lipinski definition) is 2. The van der Waals surface area contributed by atoms with Crippen LogP contribution in [0.5, 0.6) is 0 Å². The van der Waals surface area contributed by atoms with Crippen molar-refractivity contribution in [2.45, 2.75) is 35.0 Å². The van der Waals surface area contributed by atoms with Gasteiger partial charge in [0, 0.05) is 17.1 Å². The molecule has 2 heterocycles. The fourth-order valence-electron chi connectivity index (χ4n) is 2.35. The van der Waals surface area contributed by atoms with Gasteiger partial charge in [0.15, 0.2) is 5.16 Å². The van der Waals surface area contributed by atoms with Crippen molar-refractivity contribution in [1.82, 2.24) is 9.97 Å². The zero-order valence-electron chi connectivity index (χ0n) is 13.8. The lowest BCUT2D eigenvalue weighted by atomic mass is 10.2. The van der Waals surface area contributed by atoms with E-state index in [0.29, 0.717) is 27.9 Å². The third-order valence-electron chi connectivity index (χ3n) is 3.77. The molecule has 11 heteroatoms. The largest absolute Gasteiger partial charge is 0.416 e. The molecule has 0 saturated carbocycles. The zero-order valence-corrected chi connectivity index (χ0v) is 16.2. The topological polar surface area (TPSA) is 74.8 Å². The summed E-state index contributed by atoms with van der Waals surface area (Å²) in [6.07, 6.45) is -4.55. The average Bonchev–Trinajstić information content (AvgIpc) is 3.04. The normalized spacial score (nSPS) is 14.7. The van der Waals surface area contributed by atoms with Crippen molar-refractivity contribution in [3.05, 3.63) is 50.4 Å². The molecule has 0 aliphatic carbocycles. The summed E-state index contributed by atoms with van der Waals surface area (Å²) in [5.74, 6) is 0.679. The number of thioether (sulfide) groups is 2. The molecular weight excluding hydrogens is 423 g/mol. The first-order valence-electron chi connectivity index (χ1n) is 7.69. The molecule has 1 unspecified atom stereocenters. The molecule has 1 aromatic heterocycles. The van der Waals surface area contributed by atoms with Crippen molar-refractivity contribution >= 4 is 46.7 Å². The fourth-order valence-corrected chi connectivity index (χ4v) is 4.36. The Kier molecular flexibility index (Phi) is 5.78. The fraction of sp³-hybridized carbons (Fsp3) is 0.312. The molecule has 0 radical (unpaired) electrons. The van der Waals surface area contributed by atoms with Crippen molar-refractivity contribution < 1.29 is 18.0 Å². The molecule has 144 valence electrons. The first-order chi connectivity index (χ1) is 12.6. The standard InChI is InChI=1S/C16H13ClF3N3O2S2/c1-7(27-15-22-12-6-26-5-9(12)14(25)23-15)13(24)21-11-4-8(16(18,19)20)2-3-10(11)17/h2-4,7H,5-6H2,1H3,(H,21,24)(H,22,23,25). The van der Waals surface area contributed by atoms with Gasteiger partial charge in [0.25, 0.3) is 5.56 Å². The number of halogens is 4. The minimum absolute atomic E-state index is 0.00497. The number of aromatic nitrogens is 2. The Morgan fingerprint density at radius 1 is 1.41 bits per heavy atom. The van der Waals surface area contributed by atoms with Crippen molar-refractivity contribution in [2.24, 2.45) is 0 Å². The Labute approximate surface area is 165 Å². The number of hydrogen-bond acceptors (Lipinski definition) is 5. The number of nitrogens with zero attached hydrogens (tertiary/aromatic N) is 1. The number of H-pyrrole nitrogens is 1. The highest BCUT2D eigenvalue weighted by molar-refractivity contribution is 8.00. The number of amides is 1. The number of fused-ring (bicyclic) bond motifs is 1. The number of anilines is 1. The van der Waals surface area contributed by atoms with Gasteiger partial charge in [-0.05, 0) is 25.1 Å². The summed E-state index contributed by atoms with van der Waals surface area (Å²) < 4.78 is 38.5. The zero-order chi connectivity index (χ0) is 19.8. The molecule has 2 N–H and O–H groups in total. The number of aromatic amines is 1. The summed E-state index contributed by atoms with van der Waals surface area (Å²) in [5, 5.41) is 1.96. The third kappa shape index (κ3) is 4.61. The van der Waals surface area contributed by atoms with Crippen LogP contribution in [0.15, 0.2) is 28.2 Å². The number of rotatable bonds is 4. The molecule has 0 spiro atoms. The third-order valence-corrected chi connectivity index (χ3v) is 6.06. The maximum atomic E-state index is 12.8. The monoisotopic (exact) mass is 435 g/mol. The number of nitrogens with one attached hydrogen (secondary N) is 2. The quantitative estimate of drug-likeness (QED) is 0.553. The van der Waals surface area contributed by atoms with Crippen LogP contribution < -0.4 is 10.9 Å². The van der Waals surface area contributed by atoms with E-state index < -0.39 is 22.9 Å². The minimum atomic E-state index is -4.55. The van der Waals surface area contributed by atoms with Crippen LogP contribution in [0, 0.1) is 0 Å². The van der Waals surface area contributed by atoms with Crippen molar-refractivity contribution in [1.29, 1.82) is 0 Å². The molecule has 0 bridgehead atoms. The lowest BCUT2D eigenvalue weighted by Crippen LogP contribution is -2.24. The van der Waals surface area contributed by atoms with Crippen molar-refractivity contribution in [3.63, 3.8) is 0 Å². The van der Waals surface area contributed by atoms with Gasteiger partial charge in [-0.25, -0.2) is 4.98 Å². The summed E-state index contributed by atoms with van der Waals surface area (Å²) >= 11 is 8.48. The smallest absolute Gasteiger partial charge is 0.324 e. The van der Waals surface area contributed by atoms with Gasteiger partial charge in [-0.1, -0.05) is 23.4 Å². The van der Waals surface area contributed by atoms with Crippen LogP contribution in [0.1, 0.15) is 23.7 Å². The van der Waals surface area contributed by atoms with Gasteiger partial charge in [0.2, 0.25) is 5.91 Å². The van der Waals surface area contributed by atoms with Gasteiger partial charge < -0.3 is 10.3 Å². The van der Waals surface area contributed by atoms with E-state index in [2.05, 4.69) is 15.3 Å². The number of benzene rings is 1. The summed E-state index contributed by atoms with van der Waals surface area (Å²) in [7, 11) is 0. The predicted molar refractivity (Wildman–Crippen MR) is 100 cm³/mol. The second kappa shape index (κ2) is 7.76. The van der Waals surface area contributed by atoms with Crippen LogP contribution in [-0.2, 0) is 22.5 Å². The Hall–Kier alpha value is -1.65. The molecule has 0 fully saturated rings. The average molecular weight is 436 g/mol. The second-order valence-electron chi connectivity index (χ2n) is 5.73. The van der Waals surface area contributed by atoms with E-state index in [1.807, 2.05) is 0 Å². The highest BCUT2D eigenvalue weighted by Gasteiger charge is 2.31. The van der Waals surface area contributed by atoms with Gasteiger partial charge in [0.1, 0.15) is 0 Å². The summed E-state index contributed by atoms with van der Waals surface area (Å²) in [6, 6.07) is 2.70. The van der Waals surface area contributed by atoms with Crippen LogP contribution in [0.2, 0.25) is 5.02 Å². The summed E-state index contributed by atoms with van der Waals surface area (Å²) in [4.78, 5) is 31.3. The van der Waals surface area contributed by atoms with Crippen LogP contribution in [-0.4, -0.2) is 21.1 Å². The van der Waals surface area contributed by atoms with Crippen LogP contribution in [0.4, 0.5) is 18.9 Å². The Balaban J connectivity index is 1.73. The highest BCUT2D eigenvalue weighted by atomic mass is 35.5. The second-order valence-corrected chi connectivity index (χ2v) is 8.45. The number of alkyl halides is 3. The van der Waals surface area contributed by atoms with Gasteiger partial charge in [-0.3, -0.25) is 9.59 Å². The van der Waals surface area contributed by atoms with Gasteiger partial charge in [-0.15, -0.1) is 0 Å². The first-order valence-corrected chi connectivity index (χ1v) is 10.1. The van der Waals surface area contributed by atoms with Crippen molar-refractivity contribution in [3.8, 4) is 0 Å². The molecule has 2 aromatic rings. The Morgan fingerprint density at radius 2 is 2.15 bits per heavy atom. The summed E-state index contributed by atoms with van der Waals surface area (Å²) in [5.41, 5.74) is 0.0541. The molecule has 1 aromatic carbocycles. The van der Waals surface area contributed by atoms with E-state index >= 15 is 0 Å². The van der Waals surface area contributed by atoms with Crippen LogP contribution >= 0.6 is 35.1 Å². The van der Waals surface area contributed by atoms with E-state index in [0.717, 1.165) is 30.0 Å². The predicted octanol–water partition coefficient (Wildman–Crippen LogP) is 4.31. The molecule has 3 rings (SSSR count). The molecule has 1 amide bonds. The van der Waals surface area contributed by atoms with E-state index in [4.69, 9.17) is 11.6 Å². The Morgan fingerprint density at radius 3 is 2.85 bits per heavy atom. The lowest BCUT2D eigenvalue weighted by molar-refractivity contribution is -0.137. The van der Waals surface area contributed by atoms with E-state index in [-0.39, 0.29) is 16.3 Å². The molecule has 1 aliphatic heterocycles. The summed E-state index contributed by atoms with van der Waals surface area (Å²) in [6.45, 7) is 1.56. The number of carbonyl (C=O) groups excluding carboxylic acids is 1. The molecule has 27 heavy (non-hydrogen) atoms.